The molecular formula is C20H12Br2N2O2. The Hall–Kier alpha value is -2.44. The van der Waals surface area contributed by atoms with E-state index >= 15 is 0 Å². The Morgan fingerprint density at radius 2 is 1.81 bits per heavy atom. The number of aromatic nitrogens is 1. The normalized spacial score (nSPS) is 14.4. The van der Waals surface area contributed by atoms with Crippen molar-refractivity contribution in [3.8, 4) is 16.9 Å². The fourth-order valence-electron chi connectivity index (χ4n) is 2.89. The molecule has 0 bridgehead atoms. The number of benzene rings is 2. The van der Waals surface area contributed by atoms with Crippen molar-refractivity contribution in [2.75, 3.05) is 5.32 Å². The zero-order valence-corrected chi connectivity index (χ0v) is 16.5. The van der Waals surface area contributed by atoms with E-state index in [1.807, 2.05) is 42.5 Å². The number of phenols is 1. The Balaban J connectivity index is 1.85. The van der Waals surface area contributed by atoms with Gasteiger partial charge in [-0.05, 0) is 67.3 Å². The summed E-state index contributed by atoms with van der Waals surface area (Å²) in [5, 5.41) is 13.2. The van der Waals surface area contributed by atoms with Crippen LogP contribution >= 0.6 is 31.9 Å². The van der Waals surface area contributed by atoms with E-state index in [0.29, 0.717) is 21.4 Å². The number of nitrogens with one attached hydrogen (secondary N) is 1. The molecule has 4 nitrogen and oxygen atoms in total. The van der Waals surface area contributed by atoms with Crippen LogP contribution in [0.1, 0.15) is 11.1 Å². The topological polar surface area (TPSA) is 62.2 Å². The molecule has 0 fully saturated rings. The number of hydrogen-bond donors (Lipinski definition) is 2. The van der Waals surface area contributed by atoms with E-state index in [4.69, 9.17) is 0 Å². The number of phenolic OH excluding ortho intramolecular Hbond substituents is 1. The molecule has 4 rings (SSSR count). The zero-order valence-electron chi connectivity index (χ0n) is 13.3. The molecule has 0 aliphatic carbocycles. The quantitative estimate of drug-likeness (QED) is 0.487. The van der Waals surface area contributed by atoms with E-state index in [2.05, 4.69) is 42.2 Å². The van der Waals surface area contributed by atoms with Crippen molar-refractivity contribution in [2.24, 2.45) is 0 Å². The number of nitrogens with zero attached hydrogens (tertiary/aromatic N) is 1. The lowest BCUT2D eigenvalue weighted by molar-refractivity contribution is -0.110. The van der Waals surface area contributed by atoms with Crippen molar-refractivity contribution in [1.82, 2.24) is 4.98 Å². The number of carbonyl (C=O) groups excluding carboxylic acids is 1. The summed E-state index contributed by atoms with van der Waals surface area (Å²) in [5.41, 5.74) is 3.66. The number of hydrogen-bond acceptors (Lipinski definition) is 3. The molecule has 0 saturated carbocycles. The first kappa shape index (κ1) is 17.0. The van der Waals surface area contributed by atoms with Gasteiger partial charge in [-0.25, -0.2) is 4.98 Å². The minimum Gasteiger partial charge on any atom is -0.506 e. The van der Waals surface area contributed by atoms with Crippen LogP contribution in [0.15, 0.2) is 63.7 Å². The van der Waals surface area contributed by atoms with Crippen LogP contribution in [-0.4, -0.2) is 16.0 Å². The molecule has 1 aromatic heterocycles. The number of aromatic hydroxyl groups is 1. The first-order valence-electron chi connectivity index (χ1n) is 7.80. The van der Waals surface area contributed by atoms with Crippen molar-refractivity contribution in [1.29, 1.82) is 0 Å². The Morgan fingerprint density at radius 1 is 1.04 bits per heavy atom. The van der Waals surface area contributed by atoms with E-state index in [0.717, 1.165) is 21.2 Å². The van der Waals surface area contributed by atoms with E-state index in [1.54, 1.807) is 18.3 Å². The number of carbonyl (C=O) groups is 1. The number of pyridine rings is 1. The summed E-state index contributed by atoms with van der Waals surface area (Å²) < 4.78 is 1.37. The predicted molar refractivity (Wildman–Crippen MR) is 110 cm³/mol. The fourth-order valence-corrected chi connectivity index (χ4v) is 3.70. The summed E-state index contributed by atoms with van der Waals surface area (Å²) in [6.45, 7) is 0. The molecule has 0 atom stereocenters. The highest BCUT2D eigenvalue weighted by Gasteiger charge is 2.25. The molecule has 0 saturated heterocycles. The summed E-state index contributed by atoms with van der Waals surface area (Å²) in [6, 6.07) is 15.1. The standard InChI is InChI=1S/C20H12Br2N2O2/c21-13-9-15-16(20(26)24-19(15)23-10-13)7-11-6-14(18(25)17(22)8-11)12-4-2-1-3-5-12/h1-10,25H,(H,23,24,26)/b16-7-. The minimum atomic E-state index is -0.198. The molecular weight excluding hydrogens is 460 g/mol. The lowest BCUT2D eigenvalue weighted by Crippen LogP contribution is -2.04. The first-order chi connectivity index (χ1) is 12.5. The number of fused-ring (bicyclic) bond motifs is 1. The van der Waals surface area contributed by atoms with Crippen LogP contribution in [0.3, 0.4) is 0 Å². The molecule has 2 N–H and O–H groups in total. The van der Waals surface area contributed by atoms with Crippen LogP contribution in [0.5, 0.6) is 5.75 Å². The Kier molecular flexibility index (Phi) is 4.38. The molecule has 0 spiro atoms. The molecule has 2 aromatic carbocycles. The largest absolute Gasteiger partial charge is 0.506 e. The van der Waals surface area contributed by atoms with Crippen LogP contribution in [0.2, 0.25) is 0 Å². The number of anilines is 1. The predicted octanol–water partition coefficient (Wildman–Crippen LogP) is 5.47. The van der Waals surface area contributed by atoms with Crippen LogP contribution < -0.4 is 5.32 Å². The van der Waals surface area contributed by atoms with Crippen LogP contribution in [-0.2, 0) is 4.79 Å². The average molecular weight is 472 g/mol. The lowest BCUT2D eigenvalue weighted by Gasteiger charge is -2.09. The van der Waals surface area contributed by atoms with E-state index in [9.17, 15) is 9.90 Å². The number of halogens is 2. The Bertz CT molecular complexity index is 1060. The summed E-state index contributed by atoms with van der Waals surface area (Å²) in [7, 11) is 0. The average Bonchev–Trinajstić information content (AvgIpc) is 2.94. The molecule has 26 heavy (non-hydrogen) atoms. The maximum Gasteiger partial charge on any atom is 0.257 e. The van der Waals surface area contributed by atoms with Gasteiger partial charge in [0.15, 0.2) is 0 Å². The smallest absolute Gasteiger partial charge is 0.257 e. The highest BCUT2D eigenvalue weighted by Crippen LogP contribution is 2.39. The highest BCUT2D eigenvalue weighted by molar-refractivity contribution is 9.10. The van der Waals surface area contributed by atoms with Gasteiger partial charge in [-0.1, -0.05) is 30.3 Å². The monoisotopic (exact) mass is 470 g/mol. The second kappa shape index (κ2) is 6.70. The molecule has 1 amide bonds. The van der Waals surface area contributed by atoms with Crippen molar-refractivity contribution >= 4 is 55.2 Å². The second-order valence-electron chi connectivity index (χ2n) is 5.83. The molecule has 0 radical (unpaired) electrons. The van der Waals surface area contributed by atoms with Gasteiger partial charge in [-0.15, -0.1) is 0 Å². The van der Waals surface area contributed by atoms with E-state index < -0.39 is 0 Å². The number of amides is 1. The summed E-state index contributed by atoms with van der Waals surface area (Å²) in [4.78, 5) is 16.6. The Morgan fingerprint density at radius 3 is 2.58 bits per heavy atom. The molecule has 0 unspecified atom stereocenters. The minimum absolute atomic E-state index is 0.166. The highest BCUT2D eigenvalue weighted by atomic mass is 79.9. The molecule has 128 valence electrons. The molecule has 1 aliphatic rings. The molecule has 3 aromatic rings. The summed E-state index contributed by atoms with van der Waals surface area (Å²) in [6.07, 6.45) is 3.44. The Labute approximate surface area is 166 Å². The maximum atomic E-state index is 12.4. The van der Waals surface area contributed by atoms with Gasteiger partial charge in [0.05, 0.1) is 10.0 Å². The SMILES string of the molecule is O=C1Nc2ncc(Br)cc2/C1=C/c1cc(Br)c(O)c(-c2ccccc2)c1. The van der Waals surface area contributed by atoms with E-state index in [-0.39, 0.29) is 11.7 Å². The fraction of sp³-hybridized carbons (Fsp3) is 0. The summed E-state index contributed by atoms with van der Waals surface area (Å²) >= 11 is 6.79. The van der Waals surface area contributed by atoms with Crippen molar-refractivity contribution in [3.05, 3.63) is 74.8 Å². The van der Waals surface area contributed by atoms with Gasteiger partial charge in [0, 0.05) is 21.8 Å². The van der Waals surface area contributed by atoms with Gasteiger partial charge < -0.3 is 10.4 Å². The van der Waals surface area contributed by atoms with Crippen LogP contribution in [0.4, 0.5) is 5.82 Å². The second-order valence-corrected chi connectivity index (χ2v) is 7.60. The van der Waals surface area contributed by atoms with Gasteiger partial charge >= 0.3 is 0 Å². The number of rotatable bonds is 2. The van der Waals surface area contributed by atoms with Gasteiger partial charge in [-0.2, -0.15) is 0 Å². The van der Waals surface area contributed by atoms with Crippen molar-refractivity contribution < 1.29 is 9.90 Å². The molecule has 2 heterocycles. The zero-order chi connectivity index (χ0) is 18.3. The van der Waals surface area contributed by atoms with E-state index in [1.165, 1.54) is 0 Å². The van der Waals surface area contributed by atoms with Gasteiger partial charge in [-0.3, -0.25) is 4.79 Å². The third-order valence-electron chi connectivity index (χ3n) is 4.10. The third-order valence-corrected chi connectivity index (χ3v) is 5.14. The van der Waals surface area contributed by atoms with Crippen molar-refractivity contribution in [2.45, 2.75) is 0 Å². The molecule has 6 heteroatoms. The van der Waals surface area contributed by atoms with Crippen molar-refractivity contribution in [3.63, 3.8) is 0 Å². The lowest BCUT2D eigenvalue weighted by atomic mass is 9.99. The third kappa shape index (κ3) is 3.06. The first-order valence-corrected chi connectivity index (χ1v) is 9.38. The van der Waals surface area contributed by atoms with Crippen LogP contribution in [0.25, 0.3) is 22.8 Å². The van der Waals surface area contributed by atoms with Gasteiger partial charge in [0.2, 0.25) is 0 Å². The molecule has 1 aliphatic heterocycles. The van der Waals surface area contributed by atoms with Crippen LogP contribution in [0, 0.1) is 0 Å². The van der Waals surface area contributed by atoms with Gasteiger partial charge in [0.25, 0.3) is 5.91 Å². The maximum absolute atomic E-state index is 12.4. The summed E-state index contributed by atoms with van der Waals surface area (Å²) in [5.74, 6) is 0.515. The van der Waals surface area contributed by atoms with Gasteiger partial charge in [0.1, 0.15) is 11.6 Å².